The molecule has 6 heteroatoms. The predicted molar refractivity (Wildman–Crippen MR) is 49.2 cm³/mol. The van der Waals surface area contributed by atoms with Crippen molar-refractivity contribution in [3.8, 4) is 0 Å². The van der Waals surface area contributed by atoms with Crippen LogP contribution in [0.4, 0.5) is 0 Å². The Kier molecular flexibility index (Phi) is 2.10. The topological polar surface area (TPSA) is 66.6 Å². The molecule has 0 bridgehead atoms. The van der Waals surface area contributed by atoms with Crippen LogP contribution in [0.15, 0.2) is 0 Å². The van der Waals surface area contributed by atoms with E-state index < -0.39 is 10.0 Å². The zero-order chi connectivity index (χ0) is 9.64. The highest BCUT2D eigenvalue weighted by atomic mass is 32.2. The molecule has 2 aliphatic heterocycles. The third kappa shape index (κ3) is 1.71. The largest absolute Gasteiger partial charge is 0.269 e. The standard InChI is InChI=1S/C7H15N3O2S/c1-13(11,12)10-4-6-2-9(8)3-7(6)5-10/h6-7H,2-5,8H2,1H3/t6-,7+. The van der Waals surface area contributed by atoms with Crippen molar-refractivity contribution >= 4 is 10.0 Å². The van der Waals surface area contributed by atoms with Crippen LogP contribution in [0.25, 0.3) is 0 Å². The minimum absolute atomic E-state index is 0.444. The summed E-state index contributed by atoms with van der Waals surface area (Å²) in [6, 6.07) is 0. The molecule has 2 rings (SSSR count). The van der Waals surface area contributed by atoms with E-state index in [9.17, 15) is 8.42 Å². The van der Waals surface area contributed by atoms with Gasteiger partial charge in [0.1, 0.15) is 0 Å². The maximum absolute atomic E-state index is 11.2. The van der Waals surface area contributed by atoms with E-state index in [4.69, 9.17) is 5.84 Å². The molecule has 0 saturated carbocycles. The van der Waals surface area contributed by atoms with Gasteiger partial charge in [0.15, 0.2) is 0 Å². The molecule has 2 atom stereocenters. The molecule has 2 heterocycles. The van der Waals surface area contributed by atoms with Crippen molar-refractivity contribution in [1.82, 2.24) is 9.31 Å². The van der Waals surface area contributed by atoms with E-state index in [1.54, 1.807) is 9.31 Å². The molecule has 0 aromatic heterocycles. The van der Waals surface area contributed by atoms with Gasteiger partial charge >= 0.3 is 0 Å². The highest BCUT2D eigenvalue weighted by molar-refractivity contribution is 7.88. The monoisotopic (exact) mass is 205 g/mol. The van der Waals surface area contributed by atoms with Crippen molar-refractivity contribution < 1.29 is 8.42 Å². The summed E-state index contributed by atoms with van der Waals surface area (Å²) in [5.41, 5.74) is 0. The molecule has 0 amide bonds. The Morgan fingerprint density at radius 2 is 1.62 bits per heavy atom. The lowest BCUT2D eigenvalue weighted by Gasteiger charge is -2.16. The van der Waals surface area contributed by atoms with Crippen LogP contribution in [0, 0.1) is 11.8 Å². The van der Waals surface area contributed by atoms with Crippen LogP contribution in [0.3, 0.4) is 0 Å². The van der Waals surface area contributed by atoms with Gasteiger partial charge in [-0.1, -0.05) is 0 Å². The Labute approximate surface area is 78.5 Å². The van der Waals surface area contributed by atoms with Crippen molar-refractivity contribution in [3.63, 3.8) is 0 Å². The van der Waals surface area contributed by atoms with Crippen LogP contribution in [-0.4, -0.2) is 50.2 Å². The number of hydrogen-bond donors (Lipinski definition) is 1. The zero-order valence-corrected chi connectivity index (χ0v) is 8.50. The minimum atomic E-state index is -2.99. The molecule has 2 saturated heterocycles. The first-order valence-corrected chi connectivity index (χ1v) is 6.26. The third-order valence-corrected chi connectivity index (χ3v) is 4.19. The number of rotatable bonds is 1. The molecule has 76 valence electrons. The first-order valence-electron chi connectivity index (χ1n) is 4.41. The van der Waals surface area contributed by atoms with E-state index in [1.807, 2.05) is 0 Å². The Morgan fingerprint density at radius 3 is 2.00 bits per heavy atom. The quantitative estimate of drug-likeness (QED) is 0.539. The molecule has 0 aromatic rings. The fraction of sp³-hybridized carbons (Fsp3) is 1.00. The first kappa shape index (κ1) is 9.39. The van der Waals surface area contributed by atoms with Crippen molar-refractivity contribution in [1.29, 1.82) is 0 Å². The number of sulfonamides is 1. The second-order valence-electron chi connectivity index (χ2n) is 4.05. The van der Waals surface area contributed by atoms with Crippen LogP contribution in [0.2, 0.25) is 0 Å². The molecule has 0 aliphatic carbocycles. The van der Waals surface area contributed by atoms with Gasteiger partial charge in [0, 0.05) is 26.2 Å². The Morgan fingerprint density at radius 1 is 1.15 bits per heavy atom. The Bertz CT molecular complexity index is 289. The molecule has 0 aromatic carbocycles. The fourth-order valence-corrected chi connectivity index (χ4v) is 3.18. The van der Waals surface area contributed by atoms with Gasteiger partial charge in [-0.3, -0.25) is 5.84 Å². The van der Waals surface area contributed by atoms with Gasteiger partial charge in [0.2, 0.25) is 10.0 Å². The molecule has 0 radical (unpaired) electrons. The number of hydrazine groups is 1. The van der Waals surface area contributed by atoms with Gasteiger partial charge in [0.25, 0.3) is 0 Å². The summed E-state index contributed by atoms with van der Waals surface area (Å²) in [6.45, 7) is 2.96. The van der Waals surface area contributed by atoms with E-state index >= 15 is 0 Å². The first-order chi connectivity index (χ1) is 5.97. The lowest BCUT2D eigenvalue weighted by Crippen LogP contribution is -2.35. The maximum Gasteiger partial charge on any atom is 0.211 e. The smallest absolute Gasteiger partial charge is 0.211 e. The summed E-state index contributed by atoms with van der Waals surface area (Å²) in [4.78, 5) is 0. The van der Waals surface area contributed by atoms with E-state index in [2.05, 4.69) is 0 Å². The summed E-state index contributed by atoms with van der Waals surface area (Å²) in [5.74, 6) is 6.53. The molecule has 2 aliphatic rings. The average molecular weight is 205 g/mol. The van der Waals surface area contributed by atoms with E-state index in [1.165, 1.54) is 6.26 Å². The second-order valence-corrected chi connectivity index (χ2v) is 6.04. The van der Waals surface area contributed by atoms with E-state index in [-0.39, 0.29) is 0 Å². The van der Waals surface area contributed by atoms with Gasteiger partial charge in [-0.25, -0.2) is 17.7 Å². The lowest BCUT2D eigenvalue weighted by atomic mass is 10.0. The summed E-state index contributed by atoms with van der Waals surface area (Å²) in [6.07, 6.45) is 1.27. The highest BCUT2D eigenvalue weighted by Crippen LogP contribution is 2.30. The molecule has 5 nitrogen and oxygen atoms in total. The van der Waals surface area contributed by atoms with Gasteiger partial charge in [0.05, 0.1) is 6.26 Å². The minimum Gasteiger partial charge on any atom is -0.269 e. The molecular formula is C7H15N3O2S. The van der Waals surface area contributed by atoms with Crippen molar-refractivity contribution in [2.24, 2.45) is 17.7 Å². The number of hydrogen-bond acceptors (Lipinski definition) is 4. The molecule has 0 unspecified atom stereocenters. The molecular weight excluding hydrogens is 190 g/mol. The van der Waals surface area contributed by atoms with Crippen LogP contribution in [-0.2, 0) is 10.0 Å². The van der Waals surface area contributed by atoms with E-state index in [0.717, 1.165) is 13.1 Å². The molecule has 2 fully saturated rings. The zero-order valence-electron chi connectivity index (χ0n) is 7.68. The van der Waals surface area contributed by atoms with Crippen molar-refractivity contribution in [3.05, 3.63) is 0 Å². The van der Waals surface area contributed by atoms with Gasteiger partial charge in [-0.2, -0.15) is 0 Å². The summed E-state index contributed by atoms with van der Waals surface area (Å²) < 4.78 is 24.0. The van der Waals surface area contributed by atoms with Crippen LogP contribution < -0.4 is 5.84 Å². The van der Waals surface area contributed by atoms with Crippen LogP contribution in [0.1, 0.15) is 0 Å². The average Bonchev–Trinajstić information content (AvgIpc) is 2.40. The maximum atomic E-state index is 11.2. The number of nitrogens with two attached hydrogens (primary N) is 1. The van der Waals surface area contributed by atoms with Crippen LogP contribution in [0.5, 0.6) is 0 Å². The van der Waals surface area contributed by atoms with E-state index in [0.29, 0.717) is 24.9 Å². The summed E-state index contributed by atoms with van der Waals surface area (Å²) >= 11 is 0. The Balaban J connectivity index is 2.06. The normalized spacial score (nSPS) is 36.8. The summed E-state index contributed by atoms with van der Waals surface area (Å²) in [7, 11) is -2.99. The van der Waals surface area contributed by atoms with Crippen molar-refractivity contribution in [2.45, 2.75) is 0 Å². The lowest BCUT2D eigenvalue weighted by molar-refractivity contribution is 0.307. The van der Waals surface area contributed by atoms with Gasteiger partial charge in [-0.15, -0.1) is 0 Å². The number of fused-ring (bicyclic) bond motifs is 1. The van der Waals surface area contributed by atoms with Crippen LogP contribution >= 0.6 is 0 Å². The predicted octanol–water partition coefficient (Wildman–Crippen LogP) is -1.32. The number of nitrogens with zero attached hydrogens (tertiary/aromatic N) is 2. The fourth-order valence-electron chi connectivity index (χ4n) is 2.26. The highest BCUT2D eigenvalue weighted by Gasteiger charge is 2.41. The molecule has 2 N–H and O–H groups in total. The van der Waals surface area contributed by atoms with Gasteiger partial charge < -0.3 is 0 Å². The van der Waals surface area contributed by atoms with Gasteiger partial charge in [-0.05, 0) is 11.8 Å². The Hall–Kier alpha value is -0.170. The SMILES string of the molecule is CS(=O)(=O)N1C[C@H]2CN(N)C[C@H]2C1. The summed E-state index contributed by atoms with van der Waals surface area (Å²) in [5, 5.41) is 1.79. The molecule has 13 heavy (non-hydrogen) atoms. The second kappa shape index (κ2) is 2.91. The van der Waals surface area contributed by atoms with Crippen molar-refractivity contribution in [2.75, 3.05) is 32.4 Å². The third-order valence-electron chi connectivity index (χ3n) is 2.95. The molecule has 0 spiro atoms.